The summed E-state index contributed by atoms with van der Waals surface area (Å²) < 4.78 is 107. The molecule has 0 rings (SSSR count). The van der Waals surface area contributed by atoms with Gasteiger partial charge < -0.3 is 14.0 Å². The monoisotopic (exact) mass is 338 g/mol. The van der Waals surface area contributed by atoms with E-state index in [1.165, 1.54) is 0 Å². The van der Waals surface area contributed by atoms with E-state index in [2.05, 4.69) is 14.0 Å². The second-order valence-electron chi connectivity index (χ2n) is 3.62. The van der Waals surface area contributed by atoms with Crippen molar-refractivity contribution in [3.05, 3.63) is 0 Å². The highest BCUT2D eigenvalue weighted by molar-refractivity contribution is 7.40. The highest BCUT2D eigenvalue weighted by atomic mass is 31.2. The summed E-state index contributed by atoms with van der Waals surface area (Å²) in [6.45, 7) is -5.44. The van der Waals surface area contributed by atoms with E-state index in [1.807, 2.05) is 0 Å². The zero-order valence-corrected chi connectivity index (χ0v) is 10.7. The lowest BCUT2D eigenvalue weighted by atomic mass is 10.2. The third-order valence-electron chi connectivity index (χ3n) is 1.65. The molecule has 3 nitrogen and oxygen atoms in total. The van der Waals surface area contributed by atoms with Gasteiger partial charge in [0, 0.05) is 5.92 Å². The fraction of sp³-hybridized carbons (Fsp3) is 1.00. The molecule has 0 heterocycles. The van der Waals surface area contributed by atoms with Crippen LogP contribution in [0.1, 0.15) is 0 Å². The number of ether oxygens (including phenoxy) is 2. The molecule has 122 valence electrons. The molecule has 0 aliphatic heterocycles. The molecule has 0 amide bonds. The van der Waals surface area contributed by atoms with Crippen molar-refractivity contribution in [3.63, 3.8) is 0 Å². The first kappa shape index (κ1) is 19.8. The molecule has 0 aliphatic rings. The summed E-state index contributed by atoms with van der Waals surface area (Å²) in [5.41, 5.74) is 0. The van der Waals surface area contributed by atoms with Crippen molar-refractivity contribution in [2.45, 2.75) is 12.4 Å². The lowest BCUT2D eigenvalue weighted by Crippen LogP contribution is -2.27. The smallest absolute Gasteiger partial charge is 0.372 e. The van der Waals surface area contributed by atoms with Crippen LogP contribution in [0.2, 0.25) is 0 Å². The maximum absolute atomic E-state index is 11.8. The van der Waals surface area contributed by atoms with E-state index < -0.39 is 60.1 Å². The van der Waals surface area contributed by atoms with Crippen molar-refractivity contribution in [3.8, 4) is 0 Å². The van der Waals surface area contributed by atoms with Crippen LogP contribution in [0, 0.1) is 5.92 Å². The molecule has 0 unspecified atom stereocenters. The Bertz CT molecular complexity index is 237. The van der Waals surface area contributed by atoms with Crippen LogP contribution in [0.25, 0.3) is 0 Å². The molecular formula is C8H11F8O3P. The molecule has 0 radical (unpaired) electrons. The minimum atomic E-state index is -4.62. The largest absolute Gasteiger partial charge is 0.415 e. The van der Waals surface area contributed by atoms with E-state index in [4.69, 9.17) is 0 Å². The van der Waals surface area contributed by atoms with Gasteiger partial charge in [-0.25, -0.2) is 0 Å². The molecule has 12 heteroatoms. The minimum Gasteiger partial charge on any atom is -0.372 e. The molecule has 0 fully saturated rings. The first-order valence-electron chi connectivity index (χ1n) is 5.03. The Balaban J connectivity index is 4.06. The summed E-state index contributed by atoms with van der Waals surface area (Å²) in [7, 11) is -3.76. The lowest BCUT2D eigenvalue weighted by molar-refractivity contribution is -0.187. The van der Waals surface area contributed by atoms with Gasteiger partial charge in [0.1, 0.15) is 13.2 Å². The molecular weight excluding hydrogens is 327 g/mol. The second-order valence-corrected chi connectivity index (χ2v) is 4.29. The Morgan fingerprint density at radius 2 is 1.15 bits per heavy atom. The fourth-order valence-corrected chi connectivity index (χ4v) is 1.31. The second kappa shape index (κ2) is 8.91. The lowest BCUT2D eigenvalue weighted by Gasteiger charge is -2.18. The van der Waals surface area contributed by atoms with Crippen LogP contribution in [0.3, 0.4) is 0 Å². The van der Waals surface area contributed by atoms with Crippen LogP contribution < -0.4 is 0 Å². The van der Waals surface area contributed by atoms with Gasteiger partial charge in [-0.1, -0.05) is 0 Å². The number of hydrogen-bond acceptors (Lipinski definition) is 3. The Morgan fingerprint density at radius 3 is 1.45 bits per heavy atom. The van der Waals surface area contributed by atoms with Gasteiger partial charge in [0.05, 0.1) is 19.8 Å². The fourth-order valence-electron chi connectivity index (χ4n) is 0.989. The molecule has 0 aliphatic carbocycles. The van der Waals surface area contributed by atoms with E-state index in [0.29, 0.717) is 0 Å². The summed E-state index contributed by atoms with van der Waals surface area (Å²) in [5, 5.41) is 0. The Kier molecular flexibility index (Phi) is 8.80. The summed E-state index contributed by atoms with van der Waals surface area (Å²) in [4.78, 5) is 0. The molecule has 0 saturated carbocycles. The number of halogens is 8. The van der Waals surface area contributed by atoms with E-state index in [0.717, 1.165) is 0 Å². The number of alkyl halides is 6. The maximum atomic E-state index is 11.8. The van der Waals surface area contributed by atoms with Crippen molar-refractivity contribution in [1.82, 2.24) is 0 Å². The molecule has 0 bridgehead atoms. The third-order valence-corrected chi connectivity index (χ3v) is 1.99. The zero-order chi connectivity index (χ0) is 15.8. The molecule has 0 atom stereocenters. The van der Waals surface area contributed by atoms with Gasteiger partial charge in [-0.05, 0) is 0 Å². The first-order chi connectivity index (χ1) is 8.99. The summed E-state index contributed by atoms with van der Waals surface area (Å²) in [6, 6.07) is 0. The van der Waals surface area contributed by atoms with Crippen LogP contribution in [0.5, 0.6) is 0 Å². The highest BCUT2D eigenvalue weighted by Crippen LogP contribution is 2.40. The normalized spacial score (nSPS) is 13.5. The predicted octanol–water partition coefficient (Wildman–Crippen LogP) is 3.94. The van der Waals surface area contributed by atoms with Gasteiger partial charge in [-0.2, -0.15) is 34.7 Å². The Labute approximate surface area is 110 Å². The topological polar surface area (TPSA) is 27.7 Å². The highest BCUT2D eigenvalue weighted by Gasteiger charge is 2.30. The zero-order valence-electron chi connectivity index (χ0n) is 9.81. The van der Waals surface area contributed by atoms with Crippen molar-refractivity contribution in [2.75, 3.05) is 33.0 Å². The van der Waals surface area contributed by atoms with Gasteiger partial charge >= 0.3 is 21.1 Å². The molecule has 20 heavy (non-hydrogen) atoms. The van der Waals surface area contributed by atoms with Crippen LogP contribution in [0.4, 0.5) is 34.7 Å². The van der Waals surface area contributed by atoms with Gasteiger partial charge in [-0.3, -0.25) is 0 Å². The summed E-state index contributed by atoms with van der Waals surface area (Å²) in [6.07, 6.45) is -9.24. The third kappa shape index (κ3) is 14.2. The van der Waals surface area contributed by atoms with Crippen molar-refractivity contribution < 1.29 is 48.7 Å². The molecule has 0 N–H and O–H groups in total. The molecule has 0 saturated heterocycles. The Morgan fingerprint density at radius 1 is 0.750 bits per heavy atom. The van der Waals surface area contributed by atoms with Gasteiger partial charge in [-0.15, -0.1) is 0 Å². The van der Waals surface area contributed by atoms with Gasteiger partial charge in [0.15, 0.2) is 0 Å². The maximum Gasteiger partial charge on any atom is 0.415 e. The van der Waals surface area contributed by atoms with Crippen LogP contribution in [-0.4, -0.2) is 45.4 Å². The van der Waals surface area contributed by atoms with Crippen LogP contribution in [0.15, 0.2) is 0 Å². The predicted molar refractivity (Wildman–Crippen MR) is 52.3 cm³/mol. The standard InChI is InChI=1S/C8H11F8O3P/c9-7(10,11)4-17-1-6(3-19-20(15)16)2-18-5-8(12,13)14/h6H,1-5H2. The van der Waals surface area contributed by atoms with Gasteiger partial charge in [0.25, 0.3) is 0 Å². The van der Waals surface area contributed by atoms with E-state index in [9.17, 15) is 34.7 Å². The number of hydrogen-bond donors (Lipinski definition) is 0. The quantitative estimate of drug-likeness (QED) is 0.471. The number of rotatable bonds is 9. The van der Waals surface area contributed by atoms with Gasteiger partial charge in [0.2, 0.25) is 0 Å². The first-order valence-corrected chi connectivity index (χ1v) is 6.07. The van der Waals surface area contributed by atoms with E-state index in [1.54, 1.807) is 0 Å². The SMILES string of the molecule is FP(F)OCC(COCC(F)(F)F)COCC(F)(F)F. The average molecular weight is 338 g/mol. The Hall–Kier alpha value is -0.250. The van der Waals surface area contributed by atoms with Crippen LogP contribution >= 0.6 is 8.77 Å². The van der Waals surface area contributed by atoms with Crippen LogP contribution in [-0.2, 0) is 14.0 Å². The van der Waals surface area contributed by atoms with E-state index in [-0.39, 0.29) is 0 Å². The van der Waals surface area contributed by atoms with Crippen molar-refractivity contribution in [2.24, 2.45) is 5.92 Å². The molecule has 0 aromatic heterocycles. The average Bonchev–Trinajstić information content (AvgIpc) is 2.21. The molecule has 0 aromatic carbocycles. The van der Waals surface area contributed by atoms with E-state index >= 15 is 0 Å². The molecule has 0 aromatic rings. The minimum absolute atomic E-state index is 0.708. The van der Waals surface area contributed by atoms with Crippen molar-refractivity contribution in [1.29, 1.82) is 0 Å². The van der Waals surface area contributed by atoms with Crippen molar-refractivity contribution >= 4 is 8.77 Å². The summed E-state index contributed by atoms with van der Waals surface area (Å²) in [5.74, 6) is -1.16. The molecule has 0 spiro atoms. The summed E-state index contributed by atoms with van der Waals surface area (Å²) >= 11 is 0.